The third-order valence-electron chi connectivity index (χ3n) is 3.40. The zero-order valence-corrected chi connectivity index (χ0v) is 12.0. The predicted molar refractivity (Wildman–Crippen MR) is 75.9 cm³/mol. The van der Waals surface area contributed by atoms with Crippen LogP contribution < -0.4 is 5.32 Å². The van der Waals surface area contributed by atoms with Gasteiger partial charge < -0.3 is 14.6 Å². The predicted octanol–water partition coefficient (Wildman–Crippen LogP) is 1.62. The Morgan fingerprint density at radius 1 is 1.48 bits per heavy atom. The van der Waals surface area contributed by atoms with Crippen molar-refractivity contribution in [3.05, 3.63) is 29.7 Å². The van der Waals surface area contributed by atoms with Crippen LogP contribution in [0.15, 0.2) is 28.3 Å². The van der Waals surface area contributed by atoms with Gasteiger partial charge in [-0.2, -0.15) is 0 Å². The average Bonchev–Trinajstić information content (AvgIpc) is 3.20. The van der Waals surface area contributed by atoms with Crippen LogP contribution in [0, 0.1) is 5.92 Å². The Hall–Kier alpha value is -2.22. The number of aromatic nitrogens is 2. The van der Waals surface area contributed by atoms with Gasteiger partial charge in [-0.1, -0.05) is 11.3 Å². The van der Waals surface area contributed by atoms with Gasteiger partial charge in [0.25, 0.3) is 5.91 Å². The Bertz CT molecular complexity index is 611. The van der Waals surface area contributed by atoms with E-state index in [2.05, 4.69) is 15.5 Å². The van der Waals surface area contributed by atoms with Crippen molar-refractivity contribution in [2.45, 2.75) is 12.8 Å². The zero-order valence-electron chi connectivity index (χ0n) is 11.2. The summed E-state index contributed by atoms with van der Waals surface area (Å²) in [4.78, 5) is 26.1. The van der Waals surface area contributed by atoms with Crippen molar-refractivity contribution in [3.8, 4) is 0 Å². The van der Waals surface area contributed by atoms with Crippen LogP contribution in [0.25, 0.3) is 0 Å². The van der Waals surface area contributed by atoms with Gasteiger partial charge in [0.15, 0.2) is 5.76 Å². The summed E-state index contributed by atoms with van der Waals surface area (Å²) in [6.45, 7) is 1.03. The molecule has 1 aliphatic rings. The third kappa shape index (κ3) is 3.10. The molecule has 2 aromatic rings. The van der Waals surface area contributed by atoms with E-state index in [1.807, 2.05) is 0 Å². The number of piperidine rings is 1. The lowest BCUT2D eigenvalue weighted by molar-refractivity contribution is -0.121. The van der Waals surface area contributed by atoms with Crippen molar-refractivity contribution in [2.75, 3.05) is 18.4 Å². The van der Waals surface area contributed by atoms with Gasteiger partial charge in [0, 0.05) is 13.1 Å². The van der Waals surface area contributed by atoms with Crippen molar-refractivity contribution in [1.29, 1.82) is 0 Å². The van der Waals surface area contributed by atoms with Gasteiger partial charge in [-0.05, 0) is 25.0 Å². The second-order valence-corrected chi connectivity index (χ2v) is 5.63. The highest BCUT2D eigenvalue weighted by Gasteiger charge is 2.30. The molecule has 1 saturated heterocycles. The molecular weight excluding hydrogens is 292 g/mol. The SMILES string of the molecule is O=C(Nc1nncs1)[C@H]1CCCN(C(=O)c2ccco2)C1. The van der Waals surface area contributed by atoms with E-state index in [9.17, 15) is 9.59 Å². The Morgan fingerprint density at radius 2 is 2.38 bits per heavy atom. The van der Waals surface area contributed by atoms with Crippen molar-refractivity contribution in [1.82, 2.24) is 15.1 Å². The number of nitrogens with zero attached hydrogens (tertiary/aromatic N) is 3. The van der Waals surface area contributed by atoms with E-state index < -0.39 is 0 Å². The number of hydrogen-bond acceptors (Lipinski definition) is 6. The van der Waals surface area contributed by atoms with Crippen LogP contribution in [0.3, 0.4) is 0 Å². The highest BCUT2D eigenvalue weighted by Crippen LogP contribution is 2.21. The van der Waals surface area contributed by atoms with E-state index >= 15 is 0 Å². The van der Waals surface area contributed by atoms with Gasteiger partial charge in [0.2, 0.25) is 11.0 Å². The molecule has 1 aliphatic heterocycles. The summed E-state index contributed by atoms with van der Waals surface area (Å²) >= 11 is 1.27. The van der Waals surface area contributed by atoms with Gasteiger partial charge in [0.05, 0.1) is 12.2 Å². The number of carbonyl (C=O) groups excluding carboxylic acids is 2. The molecule has 21 heavy (non-hydrogen) atoms. The van der Waals surface area contributed by atoms with Crippen LogP contribution in [0.5, 0.6) is 0 Å². The normalized spacial score (nSPS) is 18.5. The van der Waals surface area contributed by atoms with E-state index in [4.69, 9.17) is 4.42 Å². The van der Waals surface area contributed by atoms with E-state index in [-0.39, 0.29) is 17.7 Å². The minimum absolute atomic E-state index is 0.122. The molecule has 0 radical (unpaired) electrons. The summed E-state index contributed by atoms with van der Waals surface area (Å²) < 4.78 is 5.12. The quantitative estimate of drug-likeness (QED) is 0.931. The van der Waals surface area contributed by atoms with E-state index in [0.29, 0.717) is 24.0 Å². The second kappa shape index (κ2) is 6.04. The molecule has 1 N–H and O–H groups in total. The monoisotopic (exact) mass is 306 g/mol. The minimum Gasteiger partial charge on any atom is -0.459 e. The van der Waals surface area contributed by atoms with E-state index in [1.54, 1.807) is 22.5 Å². The summed E-state index contributed by atoms with van der Waals surface area (Å²) in [5.41, 5.74) is 1.56. The Kier molecular flexibility index (Phi) is 3.96. The molecule has 3 heterocycles. The molecule has 1 fully saturated rings. The Morgan fingerprint density at radius 3 is 3.10 bits per heavy atom. The maximum Gasteiger partial charge on any atom is 0.289 e. The summed E-state index contributed by atoms with van der Waals surface area (Å²) in [5.74, 6) is -0.223. The van der Waals surface area contributed by atoms with Crippen LogP contribution in [0.4, 0.5) is 5.13 Å². The maximum atomic E-state index is 12.2. The summed E-state index contributed by atoms with van der Waals surface area (Å²) in [6, 6.07) is 3.31. The summed E-state index contributed by atoms with van der Waals surface area (Å²) in [5, 5.41) is 10.7. The number of furan rings is 1. The fourth-order valence-corrected chi connectivity index (χ4v) is 2.81. The first-order valence-corrected chi connectivity index (χ1v) is 7.52. The Balaban J connectivity index is 1.63. The van der Waals surface area contributed by atoms with E-state index in [1.165, 1.54) is 17.6 Å². The fourth-order valence-electron chi connectivity index (χ4n) is 2.37. The van der Waals surface area contributed by atoms with Crippen LogP contribution in [-0.2, 0) is 4.79 Å². The van der Waals surface area contributed by atoms with Crippen molar-refractivity contribution >= 4 is 28.3 Å². The lowest BCUT2D eigenvalue weighted by Crippen LogP contribution is -2.43. The number of hydrogen-bond donors (Lipinski definition) is 1. The average molecular weight is 306 g/mol. The molecule has 0 aromatic carbocycles. The lowest BCUT2D eigenvalue weighted by atomic mass is 9.97. The van der Waals surface area contributed by atoms with Gasteiger partial charge in [-0.15, -0.1) is 10.2 Å². The van der Waals surface area contributed by atoms with Gasteiger partial charge in [-0.3, -0.25) is 9.59 Å². The molecule has 2 aromatic heterocycles. The van der Waals surface area contributed by atoms with E-state index in [0.717, 1.165) is 12.8 Å². The van der Waals surface area contributed by atoms with Crippen LogP contribution >= 0.6 is 11.3 Å². The first-order valence-electron chi connectivity index (χ1n) is 6.64. The molecule has 8 heteroatoms. The number of nitrogens with one attached hydrogen (secondary N) is 1. The van der Waals surface area contributed by atoms with Crippen molar-refractivity contribution < 1.29 is 14.0 Å². The molecule has 0 unspecified atom stereocenters. The van der Waals surface area contributed by atoms with Crippen molar-refractivity contribution in [2.24, 2.45) is 5.92 Å². The first kappa shape index (κ1) is 13.7. The van der Waals surface area contributed by atoms with Crippen molar-refractivity contribution in [3.63, 3.8) is 0 Å². The smallest absolute Gasteiger partial charge is 0.289 e. The van der Waals surface area contributed by atoms with Gasteiger partial charge in [0.1, 0.15) is 5.51 Å². The van der Waals surface area contributed by atoms with Gasteiger partial charge >= 0.3 is 0 Å². The highest BCUT2D eigenvalue weighted by atomic mass is 32.1. The molecule has 110 valence electrons. The molecule has 0 spiro atoms. The maximum absolute atomic E-state index is 12.2. The number of carbonyl (C=O) groups is 2. The standard InChI is InChI=1S/C13H14N4O3S/c18-11(15-13-16-14-8-21-13)9-3-1-5-17(7-9)12(19)10-4-2-6-20-10/h2,4,6,8-9H,1,3,5,7H2,(H,15,16,18)/t9-/m0/s1. The molecular formula is C13H14N4O3S. The van der Waals surface area contributed by atoms with Crippen LogP contribution in [-0.4, -0.2) is 40.0 Å². The molecule has 0 saturated carbocycles. The molecule has 7 nitrogen and oxygen atoms in total. The largest absolute Gasteiger partial charge is 0.459 e. The topological polar surface area (TPSA) is 88.3 Å². The summed E-state index contributed by atoms with van der Waals surface area (Å²) in [6.07, 6.45) is 3.02. The van der Waals surface area contributed by atoms with Crippen LogP contribution in [0.1, 0.15) is 23.4 Å². The first-order chi connectivity index (χ1) is 10.2. The summed E-state index contributed by atoms with van der Waals surface area (Å²) in [7, 11) is 0. The van der Waals surface area contributed by atoms with Crippen LogP contribution in [0.2, 0.25) is 0 Å². The molecule has 1 atom stereocenters. The second-order valence-electron chi connectivity index (χ2n) is 4.80. The van der Waals surface area contributed by atoms with Gasteiger partial charge in [-0.25, -0.2) is 0 Å². The molecule has 0 bridgehead atoms. The molecule has 2 amide bonds. The third-order valence-corrected chi connectivity index (χ3v) is 4.01. The highest BCUT2D eigenvalue weighted by molar-refractivity contribution is 7.13. The molecule has 3 rings (SSSR count). The number of likely N-dealkylation sites (tertiary alicyclic amines) is 1. The number of amides is 2. The lowest BCUT2D eigenvalue weighted by Gasteiger charge is -2.31. The number of anilines is 1. The Labute approximate surface area is 125 Å². The molecule has 0 aliphatic carbocycles. The fraction of sp³-hybridized carbons (Fsp3) is 0.385. The minimum atomic E-state index is -0.235. The zero-order chi connectivity index (χ0) is 14.7. The number of rotatable bonds is 3.